The van der Waals surface area contributed by atoms with Crippen molar-refractivity contribution in [2.75, 3.05) is 0 Å². The molecule has 2 aromatic heterocycles. The molecule has 0 aliphatic heterocycles. The Kier molecular flexibility index (Phi) is 5.57. The number of carbonyl (C=O) groups excluding carboxylic acids is 1. The number of hydrogen-bond acceptors (Lipinski definition) is 5. The molecule has 0 unspecified atom stereocenters. The Balaban J connectivity index is 1.54. The molecule has 1 aliphatic rings. The van der Waals surface area contributed by atoms with Crippen LogP contribution >= 0.6 is 0 Å². The minimum atomic E-state index is -0.531. The lowest BCUT2D eigenvalue weighted by atomic mass is 10.00. The molecule has 0 radical (unpaired) electrons. The van der Waals surface area contributed by atoms with Gasteiger partial charge in [0, 0.05) is 11.1 Å². The van der Waals surface area contributed by atoms with Gasteiger partial charge in [-0.3, -0.25) is 0 Å². The van der Waals surface area contributed by atoms with E-state index < -0.39 is 11.7 Å². The Hall–Kier alpha value is -3.71. The molecule has 7 heteroatoms. The van der Waals surface area contributed by atoms with Crippen LogP contribution in [0.3, 0.4) is 0 Å². The van der Waals surface area contributed by atoms with Gasteiger partial charge in [-0.2, -0.15) is 5.10 Å². The largest absolute Gasteiger partial charge is 0.444 e. The molecule has 1 aliphatic carbocycles. The second-order valence-corrected chi connectivity index (χ2v) is 9.58. The number of aliphatic hydroxyl groups is 1. The average molecular weight is 457 g/mol. The van der Waals surface area contributed by atoms with Crippen LogP contribution in [0.2, 0.25) is 0 Å². The van der Waals surface area contributed by atoms with E-state index in [1.54, 1.807) is 10.6 Å². The smallest absolute Gasteiger partial charge is 0.408 e. The first-order valence-electron chi connectivity index (χ1n) is 11.5. The normalized spacial score (nSPS) is 15.4. The predicted octanol–water partition coefficient (Wildman–Crippen LogP) is 5.07. The van der Waals surface area contributed by atoms with Crippen LogP contribution in [0.25, 0.3) is 28.2 Å². The number of benzene rings is 2. The van der Waals surface area contributed by atoms with Crippen LogP contribution < -0.4 is 5.32 Å². The molecule has 2 aromatic carbocycles. The van der Waals surface area contributed by atoms with E-state index in [1.807, 2.05) is 57.2 Å². The zero-order chi connectivity index (χ0) is 23.9. The standard InChI is InChI=1S/C27H28N4O3/c1-27(2,3)34-26(33)28-22-13-10-18-15-19(9-12-21(18)22)24-25(17-7-5-4-6-8-17)31-23(29-24)14-11-20(16-32)30-31/h4-9,11-12,14-15,22,32H,10,13,16H2,1-3H3,(H,28,33)/t22-/m0/s1. The summed E-state index contributed by atoms with van der Waals surface area (Å²) in [6, 6.07) is 19.9. The fourth-order valence-corrected chi connectivity index (χ4v) is 4.48. The highest BCUT2D eigenvalue weighted by Gasteiger charge is 2.27. The number of nitrogens with zero attached hydrogens (tertiary/aromatic N) is 3. The third-order valence-electron chi connectivity index (χ3n) is 5.93. The van der Waals surface area contributed by atoms with Crippen LogP contribution in [0.4, 0.5) is 4.79 Å². The minimum Gasteiger partial charge on any atom is -0.444 e. The van der Waals surface area contributed by atoms with Crippen LogP contribution in [0.15, 0.2) is 60.7 Å². The molecule has 0 saturated carbocycles. The van der Waals surface area contributed by atoms with Crippen LogP contribution in [0, 0.1) is 0 Å². The molecule has 2 heterocycles. The maximum Gasteiger partial charge on any atom is 0.408 e. The van der Waals surface area contributed by atoms with Crippen molar-refractivity contribution in [1.82, 2.24) is 19.9 Å². The molecule has 174 valence electrons. The van der Waals surface area contributed by atoms with Gasteiger partial charge in [-0.15, -0.1) is 0 Å². The Labute approximate surface area is 198 Å². The molecule has 0 bridgehead atoms. The molecule has 5 rings (SSSR count). The summed E-state index contributed by atoms with van der Waals surface area (Å²) in [5, 5.41) is 17.2. The van der Waals surface area contributed by atoms with Crippen molar-refractivity contribution >= 4 is 11.7 Å². The van der Waals surface area contributed by atoms with E-state index in [1.165, 1.54) is 5.56 Å². The third kappa shape index (κ3) is 4.26. The first-order valence-corrected chi connectivity index (χ1v) is 11.5. The number of aromatic nitrogens is 3. The number of ether oxygens (including phenoxy) is 1. The lowest BCUT2D eigenvalue weighted by Gasteiger charge is -2.22. The number of aryl methyl sites for hydroxylation is 1. The van der Waals surface area contributed by atoms with Gasteiger partial charge in [0.25, 0.3) is 0 Å². The fraction of sp³-hybridized carbons (Fsp3) is 0.296. The fourth-order valence-electron chi connectivity index (χ4n) is 4.48. The molecule has 4 aromatic rings. The molecule has 0 fully saturated rings. The van der Waals surface area contributed by atoms with Crippen molar-refractivity contribution in [3.63, 3.8) is 0 Å². The summed E-state index contributed by atoms with van der Waals surface area (Å²) in [5.74, 6) is 0. The van der Waals surface area contributed by atoms with E-state index in [4.69, 9.17) is 9.72 Å². The monoisotopic (exact) mass is 456 g/mol. The number of carbonyl (C=O) groups is 1. The molecule has 34 heavy (non-hydrogen) atoms. The number of nitrogens with one attached hydrogen (secondary N) is 1. The van der Waals surface area contributed by atoms with Crippen LogP contribution in [-0.2, 0) is 17.8 Å². The highest BCUT2D eigenvalue weighted by molar-refractivity contribution is 5.82. The number of imidazole rings is 1. The van der Waals surface area contributed by atoms with E-state index in [-0.39, 0.29) is 12.6 Å². The SMILES string of the molecule is CC(C)(C)OC(=O)N[C@H]1CCc2cc(-c3nc4ccc(CO)nn4c3-c3ccccc3)ccc21. The van der Waals surface area contributed by atoms with Gasteiger partial charge in [-0.25, -0.2) is 14.3 Å². The molecule has 7 nitrogen and oxygen atoms in total. The quantitative estimate of drug-likeness (QED) is 0.448. The number of alkyl carbamates (subject to hydrolysis) is 1. The number of amides is 1. The highest BCUT2D eigenvalue weighted by Crippen LogP contribution is 2.37. The zero-order valence-electron chi connectivity index (χ0n) is 19.6. The topological polar surface area (TPSA) is 88.8 Å². The first kappa shape index (κ1) is 22.1. The maximum atomic E-state index is 12.3. The Morgan fingerprint density at radius 2 is 1.91 bits per heavy atom. The number of aliphatic hydroxyl groups excluding tert-OH is 1. The van der Waals surface area contributed by atoms with E-state index in [9.17, 15) is 9.90 Å². The van der Waals surface area contributed by atoms with E-state index in [0.29, 0.717) is 5.69 Å². The molecular formula is C27H28N4O3. The molecule has 0 saturated heterocycles. The molecule has 1 atom stereocenters. The van der Waals surface area contributed by atoms with Gasteiger partial charge in [0.2, 0.25) is 0 Å². The number of hydrogen-bond donors (Lipinski definition) is 2. The molecule has 1 amide bonds. The second kappa shape index (κ2) is 8.57. The van der Waals surface area contributed by atoms with Gasteiger partial charge in [0.15, 0.2) is 5.65 Å². The van der Waals surface area contributed by atoms with Crippen molar-refractivity contribution in [2.45, 2.75) is 51.9 Å². The minimum absolute atomic E-state index is 0.0673. The van der Waals surface area contributed by atoms with Crippen LogP contribution in [0.5, 0.6) is 0 Å². The summed E-state index contributed by atoms with van der Waals surface area (Å²) in [6.07, 6.45) is 1.30. The lowest BCUT2D eigenvalue weighted by molar-refractivity contribution is 0.0503. The summed E-state index contributed by atoms with van der Waals surface area (Å²) in [5.41, 5.74) is 6.78. The number of fused-ring (bicyclic) bond motifs is 2. The van der Waals surface area contributed by atoms with E-state index in [0.717, 1.165) is 46.6 Å². The average Bonchev–Trinajstić information content (AvgIpc) is 3.38. The van der Waals surface area contributed by atoms with E-state index in [2.05, 4.69) is 28.6 Å². The second-order valence-electron chi connectivity index (χ2n) is 9.58. The Bertz CT molecular complexity index is 1360. The van der Waals surface area contributed by atoms with Crippen LogP contribution in [0.1, 0.15) is 50.1 Å². The van der Waals surface area contributed by atoms with Gasteiger partial charge in [0.05, 0.1) is 24.0 Å². The van der Waals surface area contributed by atoms with Crippen molar-refractivity contribution in [1.29, 1.82) is 0 Å². The molecule has 2 N–H and O–H groups in total. The third-order valence-corrected chi connectivity index (χ3v) is 5.93. The van der Waals surface area contributed by atoms with Crippen LogP contribution in [-0.4, -0.2) is 31.4 Å². The summed E-state index contributed by atoms with van der Waals surface area (Å²) in [6.45, 7) is 5.44. The van der Waals surface area contributed by atoms with Gasteiger partial charge in [0.1, 0.15) is 11.3 Å². The summed E-state index contributed by atoms with van der Waals surface area (Å²) in [7, 11) is 0. The van der Waals surface area contributed by atoms with Crippen molar-refractivity contribution in [3.8, 4) is 22.5 Å². The van der Waals surface area contributed by atoms with Crippen molar-refractivity contribution in [2.24, 2.45) is 0 Å². The molecular weight excluding hydrogens is 428 g/mol. The van der Waals surface area contributed by atoms with Gasteiger partial charge < -0.3 is 15.2 Å². The van der Waals surface area contributed by atoms with Gasteiger partial charge in [-0.05, 0) is 62.9 Å². The van der Waals surface area contributed by atoms with E-state index >= 15 is 0 Å². The van der Waals surface area contributed by atoms with Gasteiger partial charge in [-0.1, -0.05) is 42.5 Å². The summed E-state index contributed by atoms with van der Waals surface area (Å²) >= 11 is 0. The lowest BCUT2D eigenvalue weighted by Crippen LogP contribution is -2.34. The number of rotatable bonds is 4. The van der Waals surface area contributed by atoms with Crippen molar-refractivity contribution < 1.29 is 14.6 Å². The predicted molar refractivity (Wildman–Crippen MR) is 130 cm³/mol. The van der Waals surface area contributed by atoms with Crippen molar-refractivity contribution in [3.05, 3.63) is 77.5 Å². The molecule has 0 spiro atoms. The highest BCUT2D eigenvalue weighted by atomic mass is 16.6. The van der Waals surface area contributed by atoms with Gasteiger partial charge >= 0.3 is 6.09 Å². The maximum absolute atomic E-state index is 12.3. The zero-order valence-corrected chi connectivity index (χ0v) is 19.6. The first-order chi connectivity index (χ1) is 16.3. The Morgan fingerprint density at radius 1 is 1.12 bits per heavy atom. The Morgan fingerprint density at radius 3 is 2.65 bits per heavy atom. The summed E-state index contributed by atoms with van der Waals surface area (Å²) < 4.78 is 7.24. The summed E-state index contributed by atoms with van der Waals surface area (Å²) in [4.78, 5) is 17.2.